The zero-order valence-corrected chi connectivity index (χ0v) is 10.7. The maximum atomic E-state index is 5.62. The summed E-state index contributed by atoms with van der Waals surface area (Å²) in [5, 5.41) is 3.33. The smallest absolute Gasteiger partial charge is 0.194 e. The van der Waals surface area contributed by atoms with Gasteiger partial charge in [0.05, 0.1) is 6.54 Å². The molecule has 1 heterocycles. The van der Waals surface area contributed by atoms with E-state index in [1.165, 1.54) is 0 Å². The van der Waals surface area contributed by atoms with Crippen molar-refractivity contribution in [2.75, 3.05) is 26.7 Å². The molecule has 0 bridgehead atoms. The number of nitrogens with one attached hydrogen (secondary N) is 1. The van der Waals surface area contributed by atoms with Crippen LogP contribution in [-0.2, 0) is 6.54 Å². The molecule has 0 saturated carbocycles. The minimum absolute atomic E-state index is 0.526. The Morgan fingerprint density at radius 2 is 2.33 bits per heavy atom. The topological polar surface area (TPSA) is 36.9 Å². The summed E-state index contributed by atoms with van der Waals surface area (Å²) in [5.74, 6) is 1.85. The van der Waals surface area contributed by atoms with Crippen LogP contribution < -0.4 is 10.1 Å². The lowest BCUT2D eigenvalue weighted by Crippen LogP contribution is -2.35. The molecule has 4 nitrogen and oxygen atoms in total. The fraction of sp³-hybridized carbons (Fsp3) is 0.357. The first-order valence-corrected chi connectivity index (χ1v) is 6.12. The first-order chi connectivity index (χ1) is 8.81. The molecule has 1 aromatic carbocycles. The Labute approximate surface area is 108 Å². The van der Waals surface area contributed by atoms with Crippen molar-refractivity contribution in [1.82, 2.24) is 10.2 Å². The fourth-order valence-electron chi connectivity index (χ4n) is 1.84. The van der Waals surface area contributed by atoms with Gasteiger partial charge in [-0.15, -0.1) is 0 Å². The van der Waals surface area contributed by atoms with Gasteiger partial charge in [0.25, 0.3) is 0 Å². The second-order valence-corrected chi connectivity index (χ2v) is 4.19. The minimum Gasteiger partial charge on any atom is -0.489 e. The lowest BCUT2D eigenvalue weighted by molar-refractivity contribution is 0.358. The van der Waals surface area contributed by atoms with E-state index >= 15 is 0 Å². The molecule has 96 valence electrons. The molecule has 2 rings (SSSR count). The molecular weight excluding hydrogens is 226 g/mol. The second kappa shape index (κ2) is 6.10. The maximum absolute atomic E-state index is 5.62. The average molecular weight is 245 g/mol. The summed E-state index contributed by atoms with van der Waals surface area (Å²) in [4.78, 5) is 6.52. The van der Waals surface area contributed by atoms with Gasteiger partial charge in [-0.3, -0.25) is 4.99 Å². The van der Waals surface area contributed by atoms with Crippen LogP contribution in [0.2, 0.25) is 0 Å². The van der Waals surface area contributed by atoms with Crippen molar-refractivity contribution >= 4 is 5.96 Å². The minimum atomic E-state index is 0.526. The molecule has 1 N–H and O–H groups in total. The third kappa shape index (κ3) is 3.03. The second-order valence-electron chi connectivity index (χ2n) is 4.19. The van der Waals surface area contributed by atoms with E-state index in [2.05, 4.69) is 27.9 Å². The standard InChI is InChI=1S/C14H19N3O/c1-3-10-18-13-7-5-4-6-12(13)11-16-14-15-8-9-17(14)2/h3-7H,1,8-11H2,2H3,(H,15,16). The van der Waals surface area contributed by atoms with Crippen molar-refractivity contribution in [3.63, 3.8) is 0 Å². The van der Waals surface area contributed by atoms with Gasteiger partial charge in [-0.1, -0.05) is 30.9 Å². The van der Waals surface area contributed by atoms with Gasteiger partial charge in [-0.25, -0.2) is 0 Å². The first-order valence-electron chi connectivity index (χ1n) is 6.12. The molecular formula is C14H19N3O. The first kappa shape index (κ1) is 12.5. The molecule has 0 aliphatic carbocycles. The van der Waals surface area contributed by atoms with E-state index < -0.39 is 0 Å². The third-order valence-corrected chi connectivity index (χ3v) is 2.82. The zero-order valence-electron chi connectivity index (χ0n) is 10.7. The summed E-state index contributed by atoms with van der Waals surface area (Å²) >= 11 is 0. The van der Waals surface area contributed by atoms with Gasteiger partial charge in [0.1, 0.15) is 12.4 Å². The van der Waals surface area contributed by atoms with E-state index in [1.807, 2.05) is 25.2 Å². The van der Waals surface area contributed by atoms with Crippen LogP contribution in [0, 0.1) is 0 Å². The Morgan fingerprint density at radius 3 is 3.06 bits per heavy atom. The summed E-state index contributed by atoms with van der Waals surface area (Å²) in [6.45, 7) is 6.75. The summed E-state index contributed by atoms with van der Waals surface area (Å²) in [6.07, 6.45) is 1.75. The Bertz CT molecular complexity index is 442. The van der Waals surface area contributed by atoms with Crippen LogP contribution in [0.3, 0.4) is 0 Å². The van der Waals surface area contributed by atoms with Crippen molar-refractivity contribution in [3.8, 4) is 5.75 Å². The van der Waals surface area contributed by atoms with Gasteiger partial charge < -0.3 is 15.0 Å². The normalized spacial score (nSPS) is 14.3. The highest BCUT2D eigenvalue weighted by Crippen LogP contribution is 2.17. The molecule has 1 aliphatic heterocycles. The van der Waals surface area contributed by atoms with E-state index in [1.54, 1.807) is 6.08 Å². The van der Waals surface area contributed by atoms with Crippen LogP contribution in [0.25, 0.3) is 0 Å². The van der Waals surface area contributed by atoms with Crippen molar-refractivity contribution in [3.05, 3.63) is 42.5 Å². The van der Waals surface area contributed by atoms with Gasteiger partial charge in [0.15, 0.2) is 5.96 Å². The molecule has 0 aromatic heterocycles. The Kier molecular flexibility index (Phi) is 4.23. The molecule has 0 atom stereocenters. The van der Waals surface area contributed by atoms with Gasteiger partial charge >= 0.3 is 0 Å². The highest BCUT2D eigenvalue weighted by molar-refractivity contribution is 5.81. The number of rotatable bonds is 5. The predicted octanol–water partition coefficient (Wildman–Crippen LogP) is 1.64. The van der Waals surface area contributed by atoms with Crippen LogP contribution in [0.1, 0.15) is 5.56 Å². The lowest BCUT2D eigenvalue weighted by atomic mass is 10.2. The summed E-state index contributed by atoms with van der Waals surface area (Å²) in [6, 6.07) is 8.01. The van der Waals surface area contributed by atoms with Crippen LogP contribution >= 0.6 is 0 Å². The predicted molar refractivity (Wildman–Crippen MR) is 73.9 cm³/mol. The molecule has 0 unspecified atom stereocenters. The number of benzene rings is 1. The molecule has 0 radical (unpaired) electrons. The summed E-state index contributed by atoms with van der Waals surface area (Å²) in [5.41, 5.74) is 1.13. The lowest BCUT2D eigenvalue weighted by Gasteiger charge is -2.16. The number of aliphatic imine (C=N–C) groups is 1. The van der Waals surface area contributed by atoms with Gasteiger partial charge in [-0.2, -0.15) is 0 Å². The molecule has 0 saturated heterocycles. The molecule has 4 heteroatoms. The third-order valence-electron chi connectivity index (χ3n) is 2.82. The highest BCUT2D eigenvalue weighted by atomic mass is 16.5. The van der Waals surface area contributed by atoms with E-state index in [9.17, 15) is 0 Å². The van der Waals surface area contributed by atoms with E-state index in [4.69, 9.17) is 4.74 Å². The van der Waals surface area contributed by atoms with E-state index in [0.29, 0.717) is 6.61 Å². The Hall–Kier alpha value is -1.97. The highest BCUT2D eigenvalue weighted by Gasteiger charge is 2.12. The summed E-state index contributed by atoms with van der Waals surface area (Å²) < 4.78 is 5.62. The van der Waals surface area contributed by atoms with Crippen molar-refractivity contribution in [2.45, 2.75) is 6.54 Å². The number of nitrogens with zero attached hydrogens (tertiary/aromatic N) is 2. The Balaban J connectivity index is 1.97. The number of likely N-dealkylation sites (N-methyl/N-ethyl adjacent to an activating group) is 1. The van der Waals surface area contributed by atoms with E-state index in [-0.39, 0.29) is 0 Å². The van der Waals surface area contributed by atoms with Gasteiger partial charge in [-0.05, 0) is 6.07 Å². The van der Waals surface area contributed by atoms with E-state index in [0.717, 1.165) is 36.9 Å². The Morgan fingerprint density at radius 1 is 1.50 bits per heavy atom. The summed E-state index contributed by atoms with van der Waals surface area (Å²) in [7, 11) is 2.04. The van der Waals surface area contributed by atoms with Gasteiger partial charge in [0.2, 0.25) is 0 Å². The van der Waals surface area contributed by atoms with Crippen LogP contribution in [-0.4, -0.2) is 37.6 Å². The maximum Gasteiger partial charge on any atom is 0.194 e. The molecule has 18 heavy (non-hydrogen) atoms. The molecule has 0 amide bonds. The molecule has 0 fully saturated rings. The monoisotopic (exact) mass is 245 g/mol. The fourth-order valence-corrected chi connectivity index (χ4v) is 1.84. The number of para-hydroxylation sites is 1. The largest absolute Gasteiger partial charge is 0.489 e. The quantitative estimate of drug-likeness (QED) is 0.801. The number of ether oxygens (including phenoxy) is 1. The number of hydrogen-bond donors (Lipinski definition) is 1. The van der Waals surface area contributed by atoms with Gasteiger partial charge in [0, 0.05) is 25.7 Å². The molecule has 0 spiro atoms. The van der Waals surface area contributed by atoms with Crippen molar-refractivity contribution in [2.24, 2.45) is 4.99 Å². The molecule has 1 aliphatic rings. The SMILES string of the molecule is C=CCOc1ccccc1CNC1=NCCN1C. The number of hydrogen-bond acceptors (Lipinski definition) is 4. The van der Waals surface area contributed by atoms with Crippen LogP contribution in [0.15, 0.2) is 41.9 Å². The van der Waals surface area contributed by atoms with Crippen molar-refractivity contribution in [1.29, 1.82) is 0 Å². The number of guanidine groups is 1. The zero-order chi connectivity index (χ0) is 12.8. The van der Waals surface area contributed by atoms with Crippen LogP contribution in [0.5, 0.6) is 5.75 Å². The molecule has 1 aromatic rings. The average Bonchev–Trinajstić information content (AvgIpc) is 2.80. The van der Waals surface area contributed by atoms with Crippen molar-refractivity contribution < 1.29 is 4.74 Å². The van der Waals surface area contributed by atoms with Crippen LogP contribution in [0.4, 0.5) is 0 Å².